The van der Waals surface area contributed by atoms with Crippen molar-refractivity contribution in [2.45, 2.75) is 33.4 Å². The van der Waals surface area contributed by atoms with Gasteiger partial charge < -0.3 is 5.32 Å². The highest BCUT2D eigenvalue weighted by Crippen LogP contribution is 2.21. The number of aromatic nitrogens is 4. The van der Waals surface area contributed by atoms with Crippen molar-refractivity contribution in [3.05, 3.63) is 38.4 Å². The highest BCUT2D eigenvalue weighted by Gasteiger charge is 2.21. The normalized spacial score (nSPS) is 10.7. The summed E-state index contributed by atoms with van der Waals surface area (Å²) in [5, 5.41) is 21.9. The van der Waals surface area contributed by atoms with Crippen molar-refractivity contribution in [3.63, 3.8) is 0 Å². The van der Waals surface area contributed by atoms with Gasteiger partial charge in [-0.25, -0.2) is 0 Å². The van der Waals surface area contributed by atoms with E-state index in [4.69, 9.17) is 0 Å². The summed E-state index contributed by atoms with van der Waals surface area (Å²) in [4.78, 5) is 22.3. The molecule has 0 aliphatic heterocycles. The molecule has 0 saturated carbocycles. The fourth-order valence-electron chi connectivity index (χ4n) is 2.24. The second-order valence-corrected chi connectivity index (χ2v) is 5.94. The lowest BCUT2D eigenvalue weighted by Gasteiger charge is -2.06. The van der Waals surface area contributed by atoms with Gasteiger partial charge in [-0.2, -0.15) is 10.2 Å². The predicted molar refractivity (Wildman–Crippen MR) is 85.9 cm³/mol. The lowest BCUT2D eigenvalue weighted by atomic mass is 10.3. The zero-order chi connectivity index (χ0) is 17.0. The van der Waals surface area contributed by atoms with E-state index in [1.165, 1.54) is 0 Å². The van der Waals surface area contributed by atoms with E-state index in [0.717, 1.165) is 4.47 Å². The smallest absolute Gasteiger partial charge is 0.312 e. The van der Waals surface area contributed by atoms with Crippen LogP contribution in [0.25, 0.3) is 0 Å². The molecule has 0 unspecified atom stereocenters. The monoisotopic (exact) mass is 384 g/mol. The maximum absolute atomic E-state index is 11.8. The van der Waals surface area contributed by atoms with Crippen LogP contribution in [0.3, 0.4) is 0 Å². The number of hydrogen-bond donors (Lipinski definition) is 1. The largest absolute Gasteiger partial charge is 0.354 e. The van der Waals surface area contributed by atoms with E-state index in [9.17, 15) is 14.9 Å². The average Bonchev–Trinajstić information content (AvgIpc) is 3.00. The number of rotatable bonds is 7. The fourth-order valence-corrected chi connectivity index (χ4v) is 2.56. The molecule has 1 N–H and O–H groups in total. The number of hydrogen-bond acceptors (Lipinski definition) is 5. The molecule has 2 heterocycles. The van der Waals surface area contributed by atoms with E-state index >= 15 is 0 Å². The molecule has 2 aromatic rings. The molecule has 0 bridgehead atoms. The molecule has 0 radical (unpaired) electrons. The molecule has 0 saturated heterocycles. The predicted octanol–water partition coefficient (Wildman–Crippen LogP) is 1.57. The molecule has 0 aromatic carbocycles. The van der Waals surface area contributed by atoms with Crippen molar-refractivity contribution < 1.29 is 9.72 Å². The Morgan fingerprint density at radius 2 is 2.17 bits per heavy atom. The summed E-state index contributed by atoms with van der Waals surface area (Å²) in [5.41, 5.74) is 0.895. The van der Waals surface area contributed by atoms with Crippen LogP contribution in [-0.4, -0.2) is 36.9 Å². The maximum Gasteiger partial charge on any atom is 0.312 e. The molecule has 124 valence electrons. The molecule has 2 aromatic heterocycles. The van der Waals surface area contributed by atoms with Gasteiger partial charge >= 0.3 is 5.69 Å². The summed E-state index contributed by atoms with van der Waals surface area (Å²) in [5.74, 6) is -0.104. The van der Waals surface area contributed by atoms with E-state index < -0.39 is 4.92 Å². The third-order valence-corrected chi connectivity index (χ3v) is 3.75. The van der Waals surface area contributed by atoms with Crippen LogP contribution in [0.4, 0.5) is 5.69 Å². The first kappa shape index (κ1) is 17.1. The molecular formula is C13H17BrN6O3. The highest BCUT2D eigenvalue weighted by atomic mass is 79.9. The number of amides is 1. The number of halogens is 1. The van der Waals surface area contributed by atoms with Crippen molar-refractivity contribution in [2.24, 2.45) is 0 Å². The molecule has 0 aliphatic rings. The molecule has 2 rings (SSSR count). The minimum absolute atomic E-state index is 0.0283. The molecule has 10 heteroatoms. The van der Waals surface area contributed by atoms with Crippen LogP contribution in [0.1, 0.15) is 17.8 Å². The van der Waals surface area contributed by atoms with Gasteiger partial charge in [-0.1, -0.05) is 0 Å². The Balaban J connectivity index is 1.79. The number of nitrogens with zero attached hydrogens (tertiary/aromatic N) is 5. The first-order valence-electron chi connectivity index (χ1n) is 7.01. The Morgan fingerprint density at radius 3 is 2.74 bits per heavy atom. The van der Waals surface area contributed by atoms with Gasteiger partial charge in [0.2, 0.25) is 5.91 Å². The summed E-state index contributed by atoms with van der Waals surface area (Å²) < 4.78 is 4.08. The number of nitro groups is 1. The van der Waals surface area contributed by atoms with Crippen molar-refractivity contribution in [1.82, 2.24) is 24.9 Å². The van der Waals surface area contributed by atoms with Crippen LogP contribution in [0.2, 0.25) is 0 Å². The van der Waals surface area contributed by atoms with Gasteiger partial charge in [-0.05, 0) is 29.8 Å². The van der Waals surface area contributed by atoms with E-state index in [-0.39, 0.29) is 11.6 Å². The third kappa shape index (κ3) is 4.38. The zero-order valence-electron chi connectivity index (χ0n) is 12.8. The van der Waals surface area contributed by atoms with Crippen LogP contribution in [0.15, 0.2) is 16.9 Å². The number of nitrogens with one attached hydrogen (secondary N) is 1. The number of aryl methyl sites for hydroxylation is 2. The van der Waals surface area contributed by atoms with Crippen LogP contribution in [-0.2, 0) is 17.9 Å². The van der Waals surface area contributed by atoms with Crippen molar-refractivity contribution >= 4 is 27.5 Å². The Bertz CT molecular complexity index is 723. The van der Waals surface area contributed by atoms with Crippen molar-refractivity contribution in [2.75, 3.05) is 6.54 Å². The van der Waals surface area contributed by atoms with Crippen LogP contribution in [0.5, 0.6) is 0 Å². The summed E-state index contributed by atoms with van der Waals surface area (Å²) in [6.45, 7) is 4.49. The molecule has 0 spiro atoms. The summed E-state index contributed by atoms with van der Waals surface area (Å²) in [6, 6.07) is 0. The van der Waals surface area contributed by atoms with Gasteiger partial charge in [0.15, 0.2) is 0 Å². The minimum atomic E-state index is -0.436. The van der Waals surface area contributed by atoms with Crippen LogP contribution in [0, 0.1) is 24.0 Å². The van der Waals surface area contributed by atoms with Gasteiger partial charge in [-0.3, -0.25) is 24.3 Å². The molecule has 0 aliphatic carbocycles. The molecule has 0 atom stereocenters. The SMILES string of the molecule is Cc1nn(CCNC(=O)CCn2cc(Br)cn2)c(C)c1[N+](=O)[O-]. The Kier molecular flexibility index (Phi) is 5.48. The lowest BCUT2D eigenvalue weighted by Crippen LogP contribution is -2.28. The van der Waals surface area contributed by atoms with Crippen LogP contribution < -0.4 is 5.32 Å². The van der Waals surface area contributed by atoms with Gasteiger partial charge in [-0.15, -0.1) is 0 Å². The second-order valence-electron chi connectivity index (χ2n) is 5.02. The third-order valence-electron chi connectivity index (χ3n) is 3.34. The van der Waals surface area contributed by atoms with E-state index in [2.05, 4.69) is 31.4 Å². The minimum Gasteiger partial charge on any atom is -0.354 e. The van der Waals surface area contributed by atoms with Gasteiger partial charge in [0.1, 0.15) is 11.4 Å². The topological polar surface area (TPSA) is 108 Å². The summed E-state index contributed by atoms with van der Waals surface area (Å²) >= 11 is 3.29. The van der Waals surface area contributed by atoms with Crippen molar-refractivity contribution in [3.8, 4) is 0 Å². The van der Waals surface area contributed by atoms with Gasteiger partial charge in [0.05, 0.1) is 22.1 Å². The van der Waals surface area contributed by atoms with E-state index in [1.54, 1.807) is 35.6 Å². The molecular weight excluding hydrogens is 368 g/mol. The average molecular weight is 385 g/mol. The first-order chi connectivity index (χ1) is 10.9. The molecule has 23 heavy (non-hydrogen) atoms. The van der Waals surface area contributed by atoms with Crippen LogP contribution >= 0.6 is 15.9 Å². The Labute approximate surface area is 140 Å². The second kappa shape index (κ2) is 7.36. The Hall–Kier alpha value is -2.23. The van der Waals surface area contributed by atoms with Gasteiger partial charge in [0, 0.05) is 25.7 Å². The molecule has 9 nitrogen and oxygen atoms in total. The summed E-state index contributed by atoms with van der Waals surface area (Å²) in [7, 11) is 0. The molecule has 0 fully saturated rings. The highest BCUT2D eigenvalue weighted by molar-refractivity contribution is 9.10. The lowest BCUT2D eigenvalue weighted by molar-refractivity contribution is -0.386. The maximum atomic E-state index is 11.8. The summed E-state index contributed by atoms with van der Waals surface area (Å²) in [6.07, 6.45) is 3.77. The standard InChI is InChI=1S/C13H17BrN6O3/c1-9-13(20(22)23)10(2)19(17-9)6-4-15-12(21)3-5-18-8-11(14)7-16-18/h7-8H,3-6H2,1-2H3,(H,15,21). The van der Waals surface area contributed by atoms with Crippen molar-refractivity contribution in [1.29, 1.82) is 0 Å². The Morgan fingerprint density at radius 1 is 1.43 bits per heavy atom. The zero-order valence-corrected chi connectivity index (χ0v) is 14.4. The first-order valence-corrected chi connectivity index (χ1v) is 7.81. The fraction of sp³-hybridized carbons (Fsp3) is 0.462. The van der Waals surface area contributed by atoms with E-state index in [0.29, 0.717) is 37.4 Å². The van der Waals surface area contributed by atoms with E-state index in [1.807, 2.05) is 0 Å². The number of carbonyl (C=O) groups excluding carboxylic acids is 1. The molecule has 1 amide bonds. The number of carbonyl (C=O) groups is 1. The van der Waals surface area contributed by atoms with Gasteiger partial charge in [0.25, 0.3) is 0 Å². The quantitative estimate of drug-likeness (QED) is 0.575.